The summed E-state index contributed by atoms with van der Waals surface area (Å²) in [7, 11) is 1.67. The number of pyridine rings is 1. The Morgan fingerprint density at radius 3 is 2.38 bits per heavy atom. The lowest BCUT2D eigenvalue weighted by Crippen LogP contribution is -2.23. The van der Waals surface area contributed by atoms with E-state index >= 15 is 0 Å². The molecule has 0 aliphatic carbocycles. The second-order valence-electron chi connectivity index (χ2n) is 8.04. The number of hydrogen-bond acceptors (Lipinski definition) is 5. The van der Waals surface area contributed by atoms with Gasteiger partial charge in [-0.1, -0.05) is 60.7 Å². The van der Waals surface area contributed by atoms with Crippen LogP contribution < -0.4 is 10.2 Å². The highest BCUT2D eigenvalue weighted by molar-refractivity contribution is 5.90. The van der Waals surface area contributed by atoms with E-state index in [0.717, 1.165) is 46.6 Å². The number of fused-ring (bicyclic) bond motifs is 1. The number of amides is 1. The Bertz CT molecular complexity index is 1270. The number of hydroxylamine groups is 1. The van der Waals surface area contributed by atoms with Gasteiger partial charge in [0.05, 0.1) is 18.3 Å². The minimum atomic E-state index is -0.556. The van der Waals surface area contributed by atoms with Gasteiger partial charge in [0.1, 0.15) is 5.75 Å². The molecule has 6 heteroatoms. The maximum atomic E-state index is 11.2. The molecule has 0 unspecified atom stereocenters. The number of aromatic nitrogens is 1. The number of carbonyl (C=O) groups is 1. The van der Waals surface area contributed by atoms with Crippen molar-refractivity contribution in [1.29, 1.82) is 0 Å². The van der Waals surface area contributed by atoms with Crippen LogP contribution in [0.3, 0.4) is 0 Å². The molecule has 0 spiro atoms. The first-order chi connectivity index (χ1) is 16.6. The number of hydrogen-bond donors (Lipinski definition) is 2. The summed E-state index contributed by atoms with van der Waals surface area (Å²) in [6.07, 6.45) is 2.95. The summed E-state index contributed by atoms with van der Waals surface area (Å²) in [5.41, 5.74) is 6.82. The highest BCUT2D eigenvalue weighted by atomic mass is 16.5. The zero-order valence-corrected chi connectivity index (χ0v) is 19.0. The first-order valence-electron chi connectivity index (χ1n) is 11.0. The van der Waals surface area contributed by atoms with Crippen molar-refractivity contribution in [3.8, 4) is 5.75 Å². The molecule has 3 aromatic carbocycles. The van der Waals surface area contributed by atoms with Gasteiger partial charge in [0.2, 0.25) is 0 Å². The number of benzene rings is 3. The zero-order chi connectivity index (χ0) is 23.8. The third-order valence-electron chi connectivity index (χ3n) is 5.51. The van der Waals surface area contributed by atoms with Crippen LogP contribution in [0.1, 0.15) is 22.4 Å². The quantitative estimate of drug-likeness (QED) is 0.213. The molecule has 0 aliphatic rings. The molecule has 1 amide bonds. The molecule has 0 saturated carbocycles. The minimum Gasteiger partial charge on any atom is -0.497 e. The third kappa shape index (κ3) is 6.28. The van der Waals surface area contributed by atoms with Crippen molar-refractivity contribution < 1.29 is 14.7 Å². The fourth-order valence-electron chi connectivity index (χ4n) is 3.80. The van der Waals surface area contributed by atoms with Crippen LogP contribution in [0.4, 0.5) is 0 Å². The summed E-state index contributed by atoms with van der Waals surface area (Å²) in [5, 5.41) is 9.67. The SMILES string of the molecule is COc1ccc2nc(CN(Cc3ccccc3)Cc3ccc(/C=C/C(=O)NO)cc3)ccc2c1. The van der Waals surface area contributed by atoms with E-state index in [0.29, 0.717) is 6.54 Å². The molecule has 2 N–H and O–H groups in total. The number of carbonyl (C=O) groups excluding carboxylic acids is 1. The van der Waals surface area contributed by atoms with E-state index in [2.05, 4.69) is 53.4 Å². The van der Waals surface area contributed by atoms with Crippen molar-refractivity contribution in [3.05, 3.63) is 113 Å². The van der Waals surface area contributed by atoms with E-state index in [9.17, 15) is 4.79 Å². The molecule has 0 bridgehead atoms. The molecule has 4 rings (SSSR count). The topological polar surface area (TPSA) is 74.7 Å². The smallest absolute Gasteiger partial charge is 0.267 e. The van der Waals surface area contributed by atoms with Crippen LogP contribution in [0.15, 0.2) is 91.0 Å². The second-order valence-corrected chi connectivity index (χ2v) is 8.04. The fourth-order valence-corrected chi connectivity index (χ4v) is 3.80. The standard InChI is InChI=1S/C28H27N3O3/c1-34-26-14-15-27-24(17-26)12-13-25(29-27)20-31(18-22-5-3-2-4-6-22)19-23-9-7-21(8-10-23)11-16-28(32)30-33/h2-17,33H,18-20H2,1H3,(H,30,32)/b16-11+. The normalized spacial score (nSPS) is 11.3. The molecule has 0 fully saturated rings. The second kappa shape index (κ2) is 11.2. The Labute approximate surface area is 199 Å². The largest absolute Gasteiger partial charge is 0.497 e. The molecule has 0 saturated heterocycles. The Hall–Kier alpha value is -4.00. The van der Waals surface area contributed by atoms with E-state index in [-0.39, 0.29) is 0 Å². The van der Waals surface area contributed by atoms with Gasteiger partial charge >= 0.3 is 0 Å². The van der Waals surface area contributed by atoms with Crippen molar-refractivity contribution in [2.24, 2.45) is 0 Å². The molecule has 1 heterocycles. The summed E-state index contributed by atoms with van der Waals surface area (Å²) in [5.74, 6) is 0.266. The maximum absolute atomic E-state index is 11.2. The Morgan fingerprint density at radius 1 is 0.941 bits per heavy atom. The van der Waals surface area contributed by atoms with Crippen LogP contribution >= 0.6 is 0 Å². The van der Waals surface area contributed by atoms with Crippen molar-refractivity contribution in [1.82, 2.24) is 15.4 Å². The van der Waals surface area contributed by atoms with Crippen molar-refractivity contribution in [3.63, 3.8) is 0 Å². The van der Waals surface area contributed by atoms with Crippen LogP contribution in [-0.4, -0.2) is 28.1 Å². The lowest BCUT2D eigenvalue weighted by atomic mass is 10.1. The molecule has 0 atom stereocenters. The number of methoxy groups -OCH3 is 1. The van der Waals surface area contributed by atoms with E-state index in [1.54, 1.807) is 18.7 Å². The number of nitrogens with zero attached hydrogens (tertiary/aromatic N) is 2. The summed E-state index contributed by atoms with van der Waals surface area (Å²) < 4.78 is 5.32. The van der Waals surface area contributed by atoms with Gasteiger partial charge in [-0.05, 0) is 47.0 Å². The number of ether oxygens (including phenoxy) is 1. The zero-order valence-electron chi connectivity index (χ0n) is 19.0. The highest BCUT2D eigenvalue weighted by Crippen LogP contribution is 2.21. The van der Waals surface area contributed by atoms with E-state index in [1.165, 1.54) is 11.6 Å². The lowest BCUT2D eigenvalue weighted by Gasteiger charge is -2.22. The van der Waals surface area contributed by atoms with E-state index in [4.69, 9.17) is 14.9 Å². The monoisotopic (exact) mass is 453 g/mol. The summed E-state index contributed by atoms with van der Waals surface area (Å²) >= 11 is 0. The van der Waals surface area contributed by atoms with Gasteiger partial charge in [-0.2, -0.15) is 0 Å². The minimum absolute atomic E-state index is 0.556. The molecule has 0 aliphatic heterocycles. The van der Waals surface area contributed by atoms with Crippen LogP contribution in [0.25, 0.3) is 17.0 Å². The number of rotatable bonds is 9. The predicted molar refractivity (Wildman–Crippen MR) is 133 cm³/mol. The van der Waals surface area contributed by atoms with Gasteiger partial charge in [0, 0.05) is 31.1 Å². The van der Waals surface area contributed by atoms with Crippen LogP contribution in [0.2, 0.25) is 0 Å². The van der Waals surface area contributed by atoms with Gasteiger partial charge in [-0.3, -0.25) is 19.9 Å². The van der Waals surface area contributed by atoms with Gasteiger partial charge in [-0.15, -0.1) is 0 Å². The third-order valence-corrected chi connectivity index (χ3v) is 5.51. The van der Waals surface area contributed by atoms with Crippen molar-refractivity contribution >= 4 is 22.9 Å². The summed E-state index contributed by atoms with van der Waals surface area (Å²) in [6, 6.07) is 28.5. The van der Waals surface area contributed by atoms with Gasteiger partial charge < -0.3 is 4.74 Å². The maximum Gasteiger partial charge on any atom is 0.267 e. The highest BCUT2D eigenvalue weighted by Gasteiger charge is 2.10. The first kappa shape index (κ1) is 23.2. The van der Waals surface area contributed by atoms with Gasteiger partial charge in [0.25, 0.3) is 5.91 Å². The molecule has 6 nitrogen and oxygen atoms in total. The molecule has 1 aromatic heterocycles. The fraction of sp³-hybridized carbons (Fsp3) is 0.143. The predicted octanol–water partition coefficient (Wildman–Crippen LogP) is 4.96. The van der Waals surface area contributed by atoms with Gasteiger partial charge in [-0.25, -0.2) is 5.48 Å². The average molecular weight is 454 g/mol. The first-order valence-corrected chi connectivity index (χ1v) is 11.0. The van der Waals surface area contributed by atoms with Crippen LogP contribution in [0.5, 0.6) is 5.75 Å². The summed E-state index contributed by atoms with van der Waals surface area (Å²) in [6.45, 7) is 2.25. The van der Waals surface area contributed by atoms with Crippen LogP contribution in [-0.2, 0) is 24.4 Å². The van der Waals surface area contributed by atoms with Crippen LogP contribution in [0, 0.1) is 0 Å². The Kier molecular flexibility index (Phi) is 7.65. The van der Waals surface area contributed by atoms with Crippen molar-refractivity contribution in [2.75, 3.05) is 7.11 Å². The molecule has 172 valence electrons. The Balaban J connectivity index is 1.53. The lowest BCUT2D eigenvalue weighted by molar-refractivity contribution is -0.124. The molecule has 4 aromatic rings. The molecular formula is C28H27N3O3. The van der Waals surface area contributed by atoms with Gasteiger partial charge in [0.15, 0.2) is 0 Å². The van der Waals surface area contributed by atoms with E-state index in [1.807, 2.05) is 36.4 Å². The molecular weight excluding hydrogens is 426 g/mol. The average Bonchev–Trinajstić information content (AvgIpc) is 2.88. The Morgan fingerprint density at radius 2 is 1.68 bits per heavy atom. The molecule has 0 radical (unpaired) electrons. The van der Waals surface area contributed by atoms with E-state index < -0.39 is 5.91 Å². The van der Waals surface area contributed by atoms with Crippen molar-refractivity contribution in [2.45, 2.75) is 19.6 Å². The summed E-state index contributed by atoms with van der Waals surface area (Å²) in [4.78, 5) is 18.4. The molecule has 34 heavy (non-hydrogen) atoms. The number of nitrogens with one attached hydrogen (secondary N) is 1.